The van der Waals surface area contributed by atoms with Crippen LogP contribution in [0.15, 0.2) is 36.5 Å². The minimum Gasteiger partial charge on any atom is -0.366 e. The highest BCUT2D eigenvalue weighted by molar-refractivity contribution is 6.07. The molecule has 1 aromatic heterocycles. The molecule has 1 aliphatic carbocycles. The Bertz CT molecular complexity index is 1140. The minimum atomic E-state index is -0.476. The third-order valence-corrected chi connectivity index (χ3v) is 7.39. The number of rotatable bonds is 7. The fourth-order valence-corrected chi connectivity index (χ4v) is 5.64. The van der Waals surface area contributed by atoms with Crippen LogP contribution in [0.25, 0.3) is 22.0 Å². The molecule has 0 radical (unpaired) electrons. The average Bonchev–Trinajstić information content (AvgIpc) is 3.48. The fraction of sp³-hybridized carbons (Fsp3) is 0.444. The third-order valence-electron chi connectivity index (χ3n) is 7.39. The van der Waals surface area contributed by atoms with Crippen molar-refractivity contribution in [1.82, 2.24) is 15.6 Å². The molecule has 0 spiro atoms. The van der Waals surface area contributed by atoms with Crippen LogP contribution in [-0.2, 0) is 6.54 Å². The van der Waals surface area contributed by atoms with E-state index < -0.39 is 5.91 Å². The number of hydrogen-bond donors (Lipinski definition) is 4. The number of amides is 1. The molecule has 0 atom stereocenters. The molecule has 2 aromatic carbocycles. The lowest BCUT2D eigenvalue weighted by atomic mass is 9.88. The molecule has 33 heavy (non-hydrogen) atoms. The van der Waals surface area contributed by atoms with Gasteiger partial charge < -0.3 is 21.4 Å². The van der Waals surface area contributed by atoms with E-state index in [9.17, 15) is 9.18 Å². The number of carbonyl (C=O) groups is 1. The molecule has 1 saturated carbocycles. The molecule has 5 N–H and O–H groups in total. The van der Waals surface area contributed by atoms with Crippen LogP contribution in [0.1, 0.15) is 65.9 Å². The lowest BCUT2D eigenvalue weighted by Crippen LogP contribution is -2.26. The number of hydrogen-bond acceptors (Lipinski definition) is 3. The number of piperidine rings is 1. The van der Waals surface area contributed by atoms with Crippen molar-refractivity contribution in [2.75, 3.05) is 19.6 Å². The Morgan fingerprint density at radius 1 is 1.03 bits per heavy atom. The van der Waals surface area contributed by atoms with Crippen molar-refractivity contribution in [3.63, 3.8) is 0 Å². The summed E-state index contributed by atoms with van der Waals surface area (Å²) in [4.78, 5) is 15.6. The molecule has 2 heterocycles. The van der Waals surface area contributed by atoms with Crippen LogP contribution in [0.4, 0.5) is 4.39 Å². The second-order valence-corrected chi connectivity index (χ2v) is 9.71. The standard InChI is InChI=1S/C27H33FN4O/c28-22-10-18(15-31-14-17-3-1-2-4-17)9-20(11-22)21-12-23-25(19-5-7-30-8-6-19)16-32-26(23)24(13-21)27(29)33/h9-13,16-17,19,30-32H,1-8,14-15H2,(H2,29,33). The maximum absolute atomic E-state index is 14.6. The van der Waals surface area contributed by atoms with E-state index in [4.69, 9.17) is 5.73 Å². The summed E-state index contributed by atoms with van der Waals surface area (Å²) >= 11 is 0. The molecule has 1 amide bonds. The summed E-state index contributed by atoms with van der Waals surface area (Å²) < 4.78 is 14.6. The van der Waals surface area contributed by atoms with Gasteiger partial charge in [-0.1, -0.05) is 12.8 Å². The number of nitrogens with two attached hydrogens (primary N) is 1. The van der Waals surface area contributed by atoms with Crippen molar-refractivity contribution in [3.05, 3.63) is 59.0 Å². The number of benzene rings is 2. The molecular weight excluding hydrogens is 415 g/mol. The Hall–Kier alpha value is -2.70. The molecule has 3 aromatic rings. The smallest absolute Gasteiger partial charge is 0.250 e. The first-order chi connectivity index (χ1) is 16.1. The number of aromatic nitrogens is 1. The first-order valence-electron chi connectivity index (χ1n) is 12.2. The average molecular weight is 449 g/mol. The molecule has 5 nitrogen and oxygen atoms in total. The van der Waals surface area contributed by atoms with Crippen LogP contribution in [0.3, 0.4) is 0 Å². The predicted molar refractivity (Wildman–Crippen MR) is 131 cm³/mol. The first kappa shape index (κ1) is 22.1. The van der Waals surface area contributed by atoms with E-state index in [1.54, 1.807) is 18.2 Å². The zero-order valence-electron chi connectivity index (χ0n) is 19.1. The van der Waals surface area contributed by atoms with E-state index in [1.807, 2.05) is 12.3 Å². The molecule has 1 aliphatic heterocycles. The Labute approximate surface area is 194 Å². The summed E-state index contributed by atoms with van der Waals surface area (Å²) in [7, 11) is 0. The predicted octanol–water partition coefficient (Wildman–Crippen LogP) is 4.82. The van der Waals surface area contributed by atoms with Crippen molar-refractivity contribution in [1.29, 1.82) is 0 Å². The monoisotopic (exact) mass is 448 g/mol. The molecule has 2 fully saturated rings. The summed E-state index contributed by atoms with van der Waals surface area (Å²) in [5.74, 6) is 0.424. The van der Waals surface area contributed by atoms with Crippen molar-refractivity contribution < 1.29 is 9.18 Å². The highest BCUT2D eigenvalue weighted by atomic mass is 19.1. The Morgan fingerprint density at radius 3 is 2.55 bits per heavy atom. The Morgan fingerprint density at radius 2 is 1.79 bits per heavy atom. The van der Waals surface area contributed by atoms with E-state index in [1.165, 1.54) is 31.2 Å². The van der Waals surface area contributed by atoms with Gasteiger partial charge in [0.05, 0.1) is 11.1 Å². The van der Waals surface area contributed by atoms with Gasteiger partial charge in [0.2, 0.25) is 0 Å². The number of carbonyl (C=O) groups excluding carboxylic acids is 1. The topological polar surface area (TPSA) is 82.9 Å². The van der Waals surface area contributed by atoms with Gasteiger partial charge in [0.25, 0.3) is 5.91 Å². The van der Waals surface area contributed by atoms with Gasteiger partial charge in [0, 0.05) is 18.1 Å². The number of fused-ring (bicyclic) bond motifs is 1. The van der Waals surface area contributed by atoms with Gasteiger partial charge in [-0.05, 0) is 110 Å². The van der Waals surface area contributed by atoms with Crippen LogP contribution < -0.4 is 16.4 Å². The number of primary amides is 1. The highest BCUT2D eigenvalue weighted by Gasteiger charge is 2.22. The number of nitrogens with one attached hydrogen (secondary N) is 3. The van der Waals surface area contributed by atoms with Crippen LogP contribution in [0, 0.1) is 11.7 Å². The second kappa shape index (κ2) is 9.65. The minimum absolute atomic E-state index is 0.265. The maximum Gasteiger partial charge on any atom is 0.250 e. The van der Waals surface area contributed by atoms with Gasteiger partial charge >= 0.3 is 0 Å². The van der Waals surface area contributed by atoms with Crippen LogP contribution in [-0.4, -0.2) is 30.5 Å². The lowest BCUT2D eigenvalue weighted by molar-refractivity contribution is 0.100. The Balaban J connectivity index is 1.48. The van der Waals surface area contributed by atoms with Crippen LogP contribution >= 0.6 is 0 Å². The normalized spacial score (nSPS) is 17.7. The largest absolute Gasteiger partial charge is 0.366 e. The van der Waals surface area contributed by atoms with Crippen molar-refractivity contribution >= 4 is 16.8 Å². The maximum atomic E-state index is 14.6. The van der Waals surface area contributed by atoms with Gasteiger partial charge in [-0.2, -0.15) is 0 Å². The van der Waals surface area contributed by atoms with E-state index in [-0.39, 0.29) is 5.82 Å². The number of halogens is 1. The summed E-state index contributed by atoms with van der Waals surface area (Å²) in [6.45, 7) is 3.59. The van der Waals surface area contributed by atoms with E-state index in [2.05, 4.69) is 21.7 Å². The summed E-state index contributed by atoms with van der Waals surface area (Å²) in [6, 6.07) is 9.03. The van der Waals surface area contributed by atoms with E-state index in [0.29, 0.717) is 18.0 Å². The molecular formula is C27H33FN4O. The van der Waals surface area contributed by atoms with E-state index in [0.717, 1.165) is 66.0 Å². The molecule has 0 unspecified atom stereocenters. The highest BCUT2D eigenvalue weighted by Crippen LogP contribution is 2.36. The molecule has 174 valence electrons. The van der Waals surface area contributed by atoms with Crippen LogP contribution in [0.2, 0.25) is 0 Å². The van der Waals surface area contributed by atoms with Gasteiger partial charge in [-0.25, -0.2) is 4.39 Å². The summed E-state index contributed by atoms with van der Waals surface area (Å²) in [5, 5.41) is 7.92. The molecule has 5 rings (SSSR count). The van der Waals surface area contributed by atoms with Crippen molar-refractivity contribution in [3.8, 4) is 11.1 Å². The van der Waals surface area contributed by atoms with Crippen molar-refractivity contribution in [2.45, 2.75) is 51.0 Å². The molecule has 1 saturated heterocycles. The van der Waals surface area contributed by atoms with E-state index >= 15 is 0 Å². The van der Waals surface area contributed by atoms with Gasteiger partial charge in [-0.3, -0.25) is 4.79 Å². The zero-order valence-corrected chi connectivity index (χ0v) is 19.1. The molecule has 2 aliphatic rings. The SMILES string of the molecule is NC(=O)c1cc(-c2cc(F)cc(CNCC3CCCC3)c2)cc2c(C3CCNCC3)c[nH]c12. The van der Waals surface area contributed by atoms with Gasteiger partial charge in [-0.15, -0.1) is 0 Å². The second-order valence-electron chi connectivity index (χ2n) is 9.71. The summed E-state index contributed by atoms with van der Waals surface area (Å²) in [6.07, 6.45) is 9.33. The van der Waals surface area contributed by atoms with Gasteiger partial charge in [0.1, 0.15) is 5.82 Å². The molecule has 0 bridgehead atoms. The zero-order chi connectivity index (χ0) is 22.8. The summed E-state index contributed by atoms with van der Waals surface area (Å²) in [5.41, 5.74) is 10.7. The number of aromatic amines is 1. The molecule has 6 heteroatoms. The van der Waals surface area contributed by atoms with Gasteiger partial charge in [0.15, 0.2) is 0 Å². The van der Waals surface area contributed by atoms with Crippen LogP contribution in [0.5, 0.6) is 0 Å². The lowest BCUT2D eigenvalue weighted by Gasteiger charge is -2.22. The first-order valence-corrected chi connectivity index (χ1v) is 12.2. The Kier molecular flexibility index (Phi) is 6.47. The third kappa shape index (κ3) is 4.82. The number of H-pyrrole nitrogens is 1. The van der Waals surface area contributed by atoms with Crippen molar-refractivity contribution in [2.24, 2.45) is 11.7 Å². The fourth-order valence-electron chi connectivity index (χ4n) is 5.64. The quantitative estimate of drug-likeness (QED) is 0.418.